The molecule has 0 aliphatic carbocycles. The van der Waals surface area contributed by atoms with Crippen LogP contribution in [0.4, 0.5) is 13.2 Å². The molecule has 29 heavy (non-hydrogen) atoms. The number of halogens is 3. The molecule has 0 saturated carbocycles. The van der Waals surface area contributed by atoms with Crippen LogP contribution < -0.4 is 0 Å². The number of alkyl halides is 3. The summed E-state index contributed by atoms with van der Waals surface area (Å²) in [4.78, 5) is 21.8. The van der Waals surface area contributed by atoms with Gasteiger partial charge >= 0.3 is 6.18 Å². The van der Waals surface area contributed by atoms with E-state index in [-0.39, 0.29) is 17.7 Å². The minimum Gasteiger partial charge on any atom is -0.338 e. The Morgan fingerprint density at radius 2 is 1.93 bits per heavy atom. The molecule has 0 spiro atoms. The summed E-state index contributed by atoms with van der Waals surface area (Å²) in [5, 5.41) is 4.43. The molecule has 0 aliphatic heterocycles. The van der Waals surface area contributed by atoms with Gasteiger partial charge in [0.05, 0.1) is 28.1 Å². The van der Waals surface area contributed by atoms with Crippen LogP contribution in [0.5, 0.6) is 0 Å². The third kappa shape index (κ3) is 5.14. The fraction of sp³-hybridized carbons (Fsp3) is 0.263. The van der Waals surface area contributed by atoms with E-state index < -0.39 is 11.7 Å². The lowest BCUT2D eigenvalue weighted by atomic mass is 10.1. The van der Waals surface area contributed by atoms with Gasteiger partial charge in [-0.1, -0.05) is 23.9 Å². The Morgan fingerprint density at radius 1 is 1.21 bits per heavy atom. The minimum atomic E-state index is -4.43. The molecule has 10 heteroatoms. The van der Waals surface area contributed by atoms with Crippen molar-refractivity contribution in [3.63, 3.8) is 0 Å². The fourth-order valence-electron chi connectivity index (χ4n) is 2.56. The summed E-state index contributed by atoms with van der Waals surface area (Å²) >= 11 is 1.10. The lowest BCUT2D eigenvalue weighted by Crippen LogP contribution is -2.31. The molecule has 1 unspecified atom stereocenters. The Hall–Kier alpha value is -2.88. The second-order valence-electron chi connectivity index (χ2n) is 6.28. The number of rotatable bonds is 6. The quantitative estimate of drug-likeness (QED) is 0.563. The molecule has 0 bridgehead atoms. The molecule has 152 valence electrons. The predicted molar refractivity (Wildman–Crippen MR) is 103 cm³/mol. The van der Waals surface area contributed by atoms with Crippen LogP contribution in [0.25, 0.3) is 5.69 Å². The van der Waals surface area contributed by atoms with Crippen molar-refractivity contribution in [3.8, 4) is 5.69 Å². The number of pyridine rings is 1. The molecule has 1 aromatic carbocycles. The molecule has 3 aromatic rings. The third-order valence-corrected chi connectivity index (χ3v) is 5.37. The maximum atomic E-state index is 12.6. The van der Waals surface area contributed by atoms with Crippen LogP contribution in [0.2, 0.25) is 0 Å². The van der Waals surface area contributed by atoms with Crippen molar-refractivity contribution >= 4 is 17.7 Å². The largest absolute Gasteiger partial charge is 0.417 e. The van der Waals surface area contributed by atoms with E-state index in [1.165, 1.54) is 12.4 Å². The van der Waals surface area contributed by atoms with Crippen molar-refractivity contribution in [2.75, 3.05) is 12.8 Å². The smallest absolute Gasteiger partial charge is 0.338 e. The number of amides is 1. The van der Waals surface area contributed by atoms with Crippen LogP contribution in [-0.2, 0) is 11.0 Å². The Bertz CT molecular complexity index is 943. The molecule has 0 saturated heterocycles. The highest BCUT2D eigenvalue weighted by atomic mass is 32.2. The van der Waals surface area contributed by atoms with E-state index in [4.69, 9.17) is 0 Å². The Labute approximate surface area is 169 Å². The van der Waals surface area contributed by atoms with Gasteiger partial charge in [0.2, 0.25) is 5.91 Å². The molecular weight excluding hydrogens is 403 g/mol. The first-order chi connectivity index (χ1) is 13.8. The summed E-state index contributed by atoms with van der Waals surface area (Å²) in [5.41, 5.74) is 0.993. The standard InChI is InChI=1S/C19H18F3N5OS/c1-13(14-3-6-16(7-4-14)27-12-23-11-25-27)26(2)18(28)10-29-17-8-5-15(9-24-17)19(20,21)22/h3-9,11-13H,10H2,1-2H3. The van der Waals surface area contributed by atoms with Crippen molar-refractivity contribution in [1.29, 1.82) is 0 Å². The van der Waals surface area contributed by atoms with Gasteiger partial charge in [0.15, 0.2) is 0 Å². The van der Waals surface area contributed by atoms with Crippen molar-refractivity contribution in [1.82, 2.24) is 24.6 Å². The first kappa shape index (κ1) is 20.8. The number of aromatic nitrogens is 4. The third-order valence-electron chi connectivity index (χ3n) is 4.44. The molecule has 0 aliphatic rings. The molecule has 0 N–H and O–H groups in total. The van der Waals surface area contributed by atoms with Gasteiger partial charge in [0.25, 0.3) is 0 Å². The summed E-state index contributed by atoms with van der Waals surface area (Å²) in [5.74, 6) is -0.0690. The highest BCUT2D eigenvalue weighted by molar-refractivity contribution is 7.99. The van der Waals surface area contributed by atoms with Crippen molar-refractivity contribution < 1.29 is 18.0 Å². The van der Waals surface area contributed by atoms with Gasteiger partial charge < -0.3 is 4.90 Å². The molecule has 3 rings (SSSR count). The lowest BCUT2D eigenvalue weighted by Gasteiger charge is -2.25. The minimum absolute atomic E-state index is 0.0796. The normalized spacial score (nSPS) is 12.6. The fourth-order valence-corrected chi connectivity index (χ4v) is 3.32. The van der Waals surface area contributed by atoms with E-state index in [9.17, 15) is 18.0 Å². The summed E-state index contributed by atoms with van der Waals surface area (Å²) in [6.07, 6.45) is -0.603. The van der Waals surface area contributed by atoms with Crippen LogP contribution in [0.3, 0.4) is 0 Å². The van der Waals surface area contributed by atoms with Crippen LogP contribution in [0.1, 0.15) is 24.1 Å². The molecule has 6 nitrogen and oxygen atoms in total. The maximum Gasteiger partial charge on any atom is 0.417 e. The first-order valence-electron chi connectivity index (χ1n) is 8.62. The van der Waals surface area contributed by atoms with Gasteiger partial charge in [0.1, 0.15) is 12.7 Å². The average Bonchev–Trinajstić information content (AvgIpc) is 3.25. The zero-order valence-corrected chi connectivity index (χ0v) is 16.5. The monoisotopic (exact) mass is 421 g/mol. The SMILES string of the molecule is CC(c1ccc(-n2cncn2)cc1)N(C)C(=O)CSc1ccc(C(F)(F)F)cn1. The van der Waals surface area contributed by atoms with Crippen molar-refractivity contribution in [2.45, 2.75) is 24.2 Å². The Morgan fingerprint density at radius 3 is 2.48 bits per heavy atom. The van der Waals surface area contributed by atoms with Crippen LogP contribution in [0, 0.1) is 0 Å². The van der Waals surface area contributed by atoms with Gasteiger partial charge in [-0.25, -0.2) is 14.6 Å². The molecule has 2 aromatic heterocycles. The highest BCUT2D eigenvalue weighted by Crippen LogP contribution is 2.29. The number of carbonyl (C=O) groups excluding carboxylic acids is 1. The first-order valence-corrected chi connectivity index (χ1v) is 9.61. The average molecular weight is 421 g/mol. The summed E-state index contributed by atoms with van der Waals surface area (Å²) in [6.45, 7) is 1.91. The number of hydrogen-bond acceptors (Lipinski definition) is 5. The highest BCUT2D eigenvalue weighted by Gasteiger charge is 2.30. The van der Waals surface area contributed by atoms with E-state index in [0.717, 1.165) is 35.3 Å². The molecule has 0 fully saturated rings. The van der Waals surface area contributed by atoms with Crippen LogP contribution in [-0.4, -0.2) is 43.4 Å². The van der Waals surface area contributed by atoms with E-state index in [1.54, 1.807) is 23.0 Å². The number of hydrogen-bond donors (Lipinski definition) is 0. The zero-order chi connectivity index (χ0) is 21.0. The molecule has 0 radical (unpaired) electrons. The Kier molecular flexibility index (Phi) is 6.21. The molecule has 1 atom stereocenters. The maximum absolute atomic E-state index is 12.6. The van der Waals surface area contributed by atoms with Crippen molar-refractivity contribution in [3.05, 3.63) is 66.4 Å². The number of carbonyl (C=O) groups is 1. The van der Waals surface area contributed by atoms with Gasteiger partial charge in [0, 0.05) is 13.2 Å². The molecular formula is C19H18F3N5OS. The van der Waals surface area contributed by atoms with Gasteiger partial charge in [-0.2, -0.15) is 18.3 Å². The number of benzene rings is 1. The van der Waals surface area contributed by atoms with E-state index in [0.29, 0.717) is 5.03 Å². The summed E-state index contributed by atoms with van der Waals surface area (Å²) in [7, 11) is 1.69. The van der Waals surface area contributed by atoms with E-state index in [1.807, 2.05) is 31.2 Å². The van der Waals surface area contributed by atoms with Gasteiger partial charge in [-0.15, -0.1) is 0 Å². The molecule has 1 amide bonds. The van der Waals surface area contributed by atoms with Crippen LogP contribution >= 0.6 is 11.8 Å². The number of thioether (sulfide) groups is 1. The van der Waals surface area contributed by atoms with Crippen LogP contribution in [0.15, 0.2) is 60.3 Å². The van der Waals surface area contributed by atoms with Gasteiger partial charge in [-0.05, 0) is 36.8 Å². The Balaban J connectivity index is 1.58. The summed E-state index contributed by atoms with van der Waals surface area (Å²) < 4.78 is 39.4. The lowest BCUT2D eigenvalue weighted by molar-refractivity contribution is -0.138. The zero-order valence-electron chi connectivity index (χ0n) is 15.7. The van der Waals surface area contributed by atoms with Gasteiger partial charge in [-0.3, -0.25) is 4.79 Å². The molecule has 2 heterocycles. The second-order valence-corrected chi connectivity index (χ2v) is 7.28. The van der Waals surface area contributed by atoms with Crippen molar-refractivity contribution in [2.24, 2.45) is 0 Å². The summed E-state index contributed by atoms with van der Waals surface area (Å²) in [6, 6.07) is 9.66. The van der Waals surface area contributed by atoms with E-state index >= 15 is 0 Å². The predicted octanol–water partition coefficient (Wildman–Crippen LogP) is 3.99. The van der Waals surface area contributed by atoms with E-state index in [2.05, 4.69) is 15.1 Å². The topological polar surface area (TPSA) is 63.9 Å². The second kappa shape index (κ2) is 8.64. The number of nitrogens with zero attached hydrogens (tertiary/aromatic N) is 5.